The Bertz CT molecular complexity index is 1190. The maximum atomic E-state index is 6.63. The standard InChI is InChI=1S/C26H28ClN5OS2/c1-17-16-34-26(28)32(17)25-22(33-19-6-3-2-4-7-19)14-20(15-31-25)35-24(18-9-12-29-13-10-18)23-21(27)8-5-11-30-23/h2-8,11,14-16,18,24,26,29H,9-10,12-13,28H2,1H3. The number of nitrogens with one attached hydrogen (secondary N) is 1. The molecule has 0 bridgehead atoms. The lowest BCUT2D eigenvalue weighted by atomic mass is 9.92. The van der Waals surface area contributed by atoms with Crippen molar-refractivity contribution in [3.8, 4) is 11.5 Å². The van der Waals surface area contributed by atoms with Crippen molar-refractivity contribution in [2.24, 2.45) is 11.7 Å². The molecule has 0 amide bonds. The topological polar surface area (TPSA) is 76.3 Å². The van der Waals surface area contributed by atoms with Gasteiger partial charge in [-0.1, -0.05) is 41.6 Å². The first kappa shape index (κ1) is 24.5. The number of anilines is 1. The molecule has 3 aromatic rings. The van der Waals surface area contributed by atoms with E-state index < -0.39 is 0 Å². The molecule has 0 aliphatic carbocycles. The van der Waals surface area contributed by atoms with Gasteiger partial charge in [0.05, 0.1) is 16.0 Å². The molecule has 4 heterocycles. The highest BCUT2D eigenvalue weighted by atomic mass is 35.5. The molecule has 1 fully saturated rings. The molecule has 1 saturated heterocycles. The highest BCUT2D eigenvalue weighted by Crippen LogP contribution is 2.47. The molecule has 2 atom stereocenters. The first-order valence-electron chi connectivity index (χ1n) is 11.7. The van der Waals surface area contributed by atoms with Crippen LogP contribution in [0.1, 0.15) is 30.7 Å². The third kappa shape index (κ3) is 5.62. The predicted octanol–water partition coefficient (Wildman–Crippen LogP) is 6.41. The zero-order valence-corrected chi connectivity index (χ0v) is 21.8. The van der Waals surface area contributed by atoms with Gasteiger partial charge in [-0.3, -0.25) is 4.98 Å². The van der Waals surface area contributed by atoms with Gasteiger partial charge in [-0.2, -0.15) is 0 Å². The van der Waals surface area contributed by atoms with Gasteiger partial charge in [-0.15, -0.1) is 11.8 Å². The minimum atomic E-state index is -0.242. The highest BCUT2D eigenvalue weighted by Gasteiger charge is 2.31. The summed E-state index contributed by atoms with van der Waals surface area (Å²) in [7, 11) is 0. The summed E-state index contributed by atoms with van der Waals surface area (Å²) >= 11 is 9.95. The first-order valence-corrected chi connectivity index (χ1v) is 13.9. The molecule has 2 aromatic heterocycles. The Kier molecular flexibility index (Phi) is 7.84. The van der Waals surface area contributed by atoms with E-state index in [1.54, 1.807) is 23.5 Å². The van der Waals surface area contributed by atoms with Crippen LogP contribution in [0.15, 0.2) is 76.9 Å². The molecule has 6 nitrogen and oxygen atoms in total. The zero-order chi connectivity index (χ0) is 24.2. The van der Waals surface area contributed by atoms with Gasteiger partial charge in [0.25, 0.3) is 0 Å². The number of benzene rings is 1. The molecule has 1 aromatic carbocycles. The highest BCUT2D eigenvalue weighted by molar-refractivity contribution is 8.03. The minimum absolute atomic E-state index is 0.120. The van der Waals surface area contributed by atoms with Gasteiger partial charge < -0.3 is 20.7 Å². The largest absolute Gasteiger partial charge is 0.453 e. The van der Waals surface area contributed by atoms with Crippen molar-refractivity contribution in [1.82, 2.24) is 15.3 Å². The Hall–Kier alpha value is -2.23. The Labute approximate surface area is 219 Å². The smallest absolute Gasteiger partial charge is 0.178 e. The maximum Gasteiger partial charge on any atom is 0.178 e. The first-order chi connectivity index (χ1) is 17.1. The molecule has 0 radical (unpaired) electrons. The number of thioether (sulfide) groups is 2. The molecular formula is C26H28ClN5OS2. The van der Waals surface area contributed by atoms with Gasteiger partial charge in [-0.05, 0) is 74.5 Å². The number of aromatic nitrogens is 2. The second-order valence-corrected chi connectivity index (χ2v) is 11.2. The Morgan fingerprint density at radius 1 is 1.17 bits per heavy atom. The van der Waals surface area contributed by atoms with E-state index in [-0.39, 0.29) is 10.7 Å². The molecular weight excluding hydrogens is 498 g/mol. The summed E-state index contributed by atoms with van der Waals surface area (Å²) in [6.45, 7) is 4.04. The van der Waals surface area contributed by atoms with Crippen LogP contribution >= 0.6 is 35.1 Å². The molecule has 3 N–H and O–H groups in total. The lowest BCUT2D eigenvalue weighted by Crippen LogP contribution is -2.35. The van der Waals surface area contributed by atoms with Gasteiger partial charge in [0.1, 0.15) is 11.2 Å². The normalized spacial score (nSPS) is 19.5. The van der Waals surface area contributed by atoms with Crippen LogP contribution < -0.4 is 20.7 Å². The number of halogens is 1. The van der Waals surface area contributed by atoms with Gasteiger partial charge in [0.2, 0.25) is 0 Å². The number of ether oxygens (including phenoxy) is 1. The SMILES string of the molecule is CC1=CSC(N)N1c1ncc(SC(c2ncccc2Cl)C2CCNCC2)cc1Oc1ccccc1. The van der Waals surface area contributed by atoms with E-state index in [9.17, 15) is 0 Å². The van der Waals surface area contributed by atoms with Crippen LogP contribution in [0.4, 0.5) is 5.82 Å². The number of pyridine rings is 2. The molecule has 35 heavy (non-hydrogen) atoms. The van der Waals surface area contributed by atoms with Gasteiger partial charge in [0.15, 0.2) is 11.6 Å². The number of allylic oxidation sites excluding steroid dienone is 1. The monoisotopic (exact) mass is 525 g/mol. The van der Waals surface area contributed by atoms with E-state index in [0.717, 1.165) is 48.0 Å². The van der Waals surface area contributed by atoms with Crippen molar-refractivity contribution in [2.45, 2.75) is 35.4 Å². The third-order valence-corrected chi connectivity index (χ3v) is 8.79. The van der Waals surface area contributed by atoms with E-state index in [1.807, 2.05) is 66.7 Å². The fourth-order valence-corrected chi connectivity index (χ4v) is 6.89. The van der Waals surface area contributed by atoms with Crippen LogP contribution in [-0.2, 0) is 0 Å². The van der Waals surface area contributed by atoms with Crippen molar-refractivity contribution in [2.75, 3.05) is 18.0 Å². The number of hydrogen-bond acceptors (Lipinski definition) is 8. The second-order valence-electron chi connectivity index (χ2n) is 8.56. The van der Waals surface area contributed by atoms with Crippen molar-refractivity contribution in [3.05, 3.63) is 82.7 Å². The van der Waals surface area contributed by atoms with Crippen LogP contribution in [-0.4, -0.2) is 28.6 Å². The summed E-state index contributed by atoms with van der Waals surface area (Å²) in [6, 6.07) is 15.6. The van der Waals surface area contributed by atoms with E-state index >= 15 is 0 Å². The summed E-state index contributed by atoms with van der Waals surface area (Å²) in [5.41, 5.74) is 8.11. The average molecular weight is 526 g/mol. The molecule has 2 unspecified atom stereocenters. The zero-order valence-electron chi connectivity index (χ0n) is 19.4. The second kappa shape index (κ2) is 11.2. The molecule has 0 spiro atoms. The summed E-state index contributed by atoms with van der Waals surface area (Å²) in [4.78, 5) is 12.6. The third-order valence-electron chi connectivity index (χ3n) is 6.15. The molecule has 9 heteroatoms. The van der Waals surface area contributed by atoms with E-state index in [2.05, 4.69) is 21.8 Å². The van der Waals surface area contributed by atoms with Crippen molar-refractivity contribution in [3.63, 3.8) is 0 Å². The average Bonchev–Trinajstić information content (AvgIpc) is 3.22. The molecule has 0 saturated carbocycles. The van der Waals surface area contributed by atoms with Crippen molar-refractivity contribution in [1.29, 1.82) is 0 Å². The van der Waals surface area contributed by atoms with E-state index in [0.29, 0.717) is 22.5 Å². The van der Waals surface area contributed by atoms with Crippen molar-refractivity contribution < 1.29 is 4.74 Å². The Balaban J connectivity index is 1.51. The number of rotatable bonds is 7. The lowest BCUT2D eigenvalue weighted by Gasteiger charge is -2.31. The van der Waals surface area contributed by atoms with Crippen LogP contribution in [0.5, 0.6) is 11.5 Å². The number of nitrogens with zero attached hydrogens (tertiary/aromatic N) is 3. The molecule has 2 aliphatic rings. The fraction of sp³-hybridized carbons (Fsp3) is 0.308. The number of para-hydroxylation sites is 1. The summed E-state index contributed by atoms with van der Waals surface area (Å²) in [6.07, 6.45) is 5.88. The summed E-state index contributed by atoms with van der Waals surface area (Å²) < 4.78 is 6.35. The van der Waals surface area contributed by atoms with E-state index in [4.69, 9.17) is 27.1 Å². The molecule has 182 valence electrons. The van der Waals surface area contributed by atoms with Crippen molar-refractivity contribution >= 4 is 40.9 Å². The van der Waals surface area contributed by atoms with Crippen LogP contribution in [0.3, 0.4) is 0 Å². The van der Waals surface area contributed by atoms with Gasteiger partial charge in [-0.25, -0.2) is 4.98 Å². The van der Waals surface area contributed by atoms with Crippen LogP contribution in [0.2, 0.25) is 5.02 Å². The predicted molar refractivity (Wildman–Crippen MR) is 146 cm³/mol. The van der Waals surface area contributed by atoms with Gasteiger partial charge in [0, 0.05) is 23.0 Å². The maximum absolute atomic E-state index is 6.63. The number of hydrogen-bond donors (Lipinski definition) is 2. The van der Waals surface area contributed by atoms with Crippen LogP contribution in [0.25, 0.3) is 0 Å². The lowest BCUT2D eigenvalue weighted by molar-refractivity contribution is 0.365. The quantitative estimate of drug-likeness (QED) is 0.342. The van der Waals surface area contributed by atoms with E-state index in [1.165, 1.54) is 0 Å². The molecule has 5 rings (SSSR count). The molecule has 2 aliphatic heterocycles. The Morgan fingerprint density at radius 2 is 1.97 bits per heavy atom. The van der Waals surface area contributed by atoms with Gasteiger partial charge >= 0.3 is 0 Å². The van der Waals surface area contributed by atoms with Crippen LogP contribution in [0, 0.1) is 5.92 Å². The number of nitrogens with two attached hydrogens (primary N) is 1. The fourth-order valence-electron chi connectivity index (χ4n) is 4.41. The number of piperidine rings is 1. The summed E-state index contributed by atoms with van der Waals surface area (Å²) in [5.74, 6) is 2.59. The Morgan fingerprint density at radius 3 is 2.69 bits per heavy atom. The summed E-state index contributed by atoms with van der Waals surface area (Å²) in [5, 5.41) is 6.34. The minimum Gasteiger partial charge on any atom is -0.453 e.